The number of carbonyl (C=O) groups excluding carboxylic acids is 3. The third-order valence-corrected chi connectivity index (χ3v) is 15.0. The summed E-state index contributed by atoms with van der Waals surface area (Å²) in [5.74, 6) is -0.978. The van der Waals surface area contributed by atoms with Gasteiger partial charge in [-0.1, -0.05) is 329 Å². The normalized spacial score (nSPS) is 12.8. The van der Waals surface area contributed by atoms with E-state index in [1.165, 1.54) is 199 Å². The van der Waals surface area contributed by atoms with Crippen LogP contribution in [0.25, 0.3) is 0 Å². The lowest BCUT2D eigenvalue weighted by Gasteiger charge is -2.18. The molecular formula is C76H130O6. The summed E-state index contributed by atoms with van der Waals surface area (Å²) in [6.45, 7) is 6.49. The molecule has 0 saturated carbocycles. The summed E-state index contributed by atoms with van der Waals surface area (Å²) >= 11 is 0. The van der Waals surface area contributed by atoms with Gasteiger partial charge in [-0.25, -0.2) is 0 Å². The van der Waals surface area contributed by atoms with Gasteiger partial charge in [-0.3, -0.25) is 14.4 Å². The zero-order chi connectivity index (χ0) is 59.2. The summed E-state index contributed by atoms with van der Waals surface area (Å²) in [5.41, 5.74) is 0. The molecule has 6 nitrogen and oxygen atoms in total. The highest BCUT2D eigenvalue weighted by molar-refractivity contribution is 5.71. The van der Waals surface area contributed by atoms with Gasteiger partial charge in [-0.05, 0) is 96.3 Å². The van der Waals surface area contributed by atoms with Crippen molar-refractivity contribution in [2.45, 2.75) is 341 Å². The van der Waals surface area contributed by atoms with Crippen LogP contribution < -0.4 is 0 Å². The lowest BCUT2D eigenvalue weighted by molar-refractivity contribution is -0.166. The molecule has 0 aromatic carbocycles. The standard InChI is InChI=1S/C76H130O6/c1-4-7-10-13-16-19-22-25-28-31-34-36-37-38-39-40-43-45-48-51-54-57-60-63-66-69-75(78)81-72-73(71-80-74(77)68-65-62-59-56-53-50-47-44-41-33-30-27-24-21-18-15-12-9-6-3)82-76(79)70-67-64-61-58-55-52-49-46-42-35-32-29-26-23-20-17-14-11-8-5-2/h9,12,18,21-22,25,27,30-31,34,37-38,41,44,50,53,59,62,73H,4-8,10-11,13-17,19-20,23-24,26,28-29,32-33,35-36,39-40,42-43,45-49,51-52,54-58,60-61,63-72H2,1-3H3/b12-9-,21-18-,25-22-,30-27-,34-31-,38-37-,44-41-,53-50-,62-59-. The van der Waals surface area contributed by atoms with E-state index in [4.69, 9.17) is 14.2 Å². The molecule has 0 heterocycles. The fraction of sp³-hybridized carbons (Fsp3) is 0.724. The second-order valence-corrected chi connectivity index (χ2v) is 23.1. The Labute approximate surface area is 508 Å². The molecule has 0 radical (unpaired) electrons. The summed E-state index contributed by atoms with van der Waals surface area (Å²) in [4.78, 5) is 38.4. The lowest BCUT2D eigenvalue weighted by atomic mass is 10.0. The fourth-order valence-electron chi connectivity index (χ4n) is 9.83. The monoisotopic (exact) mass is 1140 g/mol. The van der Waals surface area contributed by atoms with Gasteiger partial charge in [0.25, 0.3) is 0 Å². The number of esters is 3. The van der Waals surface area contributed by atoms with Crippen LogP contribution in [0.3, 0.4) is 0 Å². The van der Waals surface area contributed by atoms with Crippen LogP contribution in [0.5, 0.6) is 0 Å². The molecule has 0 bridgehead atoms. The lowest BCUT2D eigenvalue weighted by Crippen LogP contribution is -2.30. The molecule has 0 rings (SSSR count). The maximum absolute atomic E-state index is 13.0. The zero-order valence-corrected chi connectivity index (χ0v) is 54.0. The van der Waals surface area contributed by atoms with Crippen molar-refractivity contribution >= 4 is 17.9 Å². The maximum atomic E-state index is 13.0. The molecule has 0 amide bonds. The number of hydrogen-bond donors (Lipinski definition) is 0. The minimum atomic E-state index is -0.813. The third kappa shape index (κ3) is 66.9. The molecule has 470 valence electrons. The maximum Gasteiger partial charge on any atom is 0.306 e. The predicted octanol–water partition coefficient (Wildman–Crippen LogP) is 24.2. The minimum absolute atomic E-state index is 0.102. The van der Waals surface area contributed by atoms with Crippen molar-refractivity contribution in [1.82, 2.24) is 0 Å². The molecule has 0 aliphatic heterocycles. The molecule has 0 aromatic rings. The van der Waals surface area contributed by atoms with Crippen molar-refractivity contribution < 1.29 is 28.6 Å². The Balaban J connectivity index is 4.44. The molecule has 1 atom stereocenters. The van der Waals surface area contributed by atoms with Crippen molar-refractivity contribution in [3.63, 3.8) is 0 Å². The molecule has 0 fully saturated rings. The van der Waals surface area contributed by atoms with Gasteiger partial charge >= 0.3 is 17.9 Å². The van der Waals surface area contributed by atoms with E-state index >= 15 is 0 Å². The van der Waals surface area contributed by atoms with E-state index in [1.807, 2.05) is 6.08 Å². The number of carbonyl (C=O) groups is 3. The van der Waals surface area contributed by atoms with Crippen molar-refractivity contribution in [2.24, 2.45) is 0 Å². The Morgan fingerprint density at radius 1 is 0.256 bits per heavy atom. The minimum Gasteiger partial charge on any atom is -0.462 e. The van der Waals surface area contributed by atoms with E-state index in [2.05, 4.69) is 124 Å². The van der Waals surface area contributed by atoms with Crippen LogP contribution in [-0.4, -0.2) is 37.2 Å². The molecule has 1 unspecified atom stereocenters. The van der Waals surface area contributed by atoms with Crippen LogP contribution >= 0.6 is 0 Å². The predicted molar refractivity (Wildman–Crippen MR) is 357 cm³/mol. The average Bonchev–Trinajstić information content (AvgIpc) is 3.47. The number of hydrogen-bond acceptors (Lipinski definition) is 6. The second-order valence-electron chi connectivity index (χ2n) is 23.1. The van der Waals surface area contributed by atoms with E-state index in [0.717, 1.165) is 89.9 Å². The molecule has 0 saturated heterocycles. The largest absolute Gasteiger partial charge is 0.462 e. The van der Waals surface area contributed by atoms with E-state index in [9.17, 15) is 14.4 Å². The van der Waals surface area contributed by atoms with E-state index < -0.39 is 6.10 Å². The van der Waals surface area contributed by atoms with Crippen LogP contribution in [0, 0.1) is 0 Å². The number of ether oxygens (including phenoxy) is 3. The highest BCUT2D eigenvalue weighted by atomic mass is 16.6. The molecular weight excluding hydrogens is 1010 g/mol. The van der Waals surface area contributed by atoms with Gasteiger partial charge in [-0.2, -0.15) is 0 Å². The van der Waals surface area contributed by atoms with E-state index in [1.54, 1.807) is 0 Å². The Morgan fingerprint density at radius 3 is 0.817 bits per heavy atom. The Morgan fingerprint density at radius 2 is 0.500 bits per heavy atom. The quantitative estimate of drug-likeness (QED) is 0.0261. The van der Waals surface area contributed by atoms with Gasteiger partial charge in [0, 0.05) is 19.3 Å². The first kappa shape index (κ1) is 78.1. The van der Waals surface area contributed by atoms with Crippen molar-refractivity contribution in [1.29, 1.82) is 0 Å². The molecule has 0 N–H and O–H groups in total. The summed E-state index contributed by atoms with van der Waals surface area (Å²) in [6, 6.07) is 0. The SMILES string of the molecule is CC/C=C\C/C=C\C/C=C\C/C=C\C/C=C\C/C=C\CCC(=O)OCC(COC(=O)CCCCCCCCCCCC/C=C\C/C=C\C/C=C\CCCCCCC)OC(=O)CCCCCCCCCCCCCCCCCCCCCC. The molecule has 0 aliphatic carbocycles. The molecule has 0 spiro atoms. The smallest absolute Gasteiger partial charge is 0.306 e. The number of rotatable bonds is 63. The van der Waals surface area contributed by atoms with E-state index in [0.29, 0.717) is 19.3 Å². The summed E-state index contributed by atoms with van der Waals surface area (Å²) < 4.78 is 16.9. The zero-order valence-electron chi connectivity index (χ0n) is 54.0. The Hall–Kier alpha value is -3.93. The number of unbranched alkanes of at least 4 members (excludes halogenated alkanes) is 34. The summed E-state index contributed by atoms with van der Waals surface area (Å²) in [7, 11) is 0. The van der Waals surface area contributed by atoms with Gasteiger partial charge in [-0.15, -0.1) is 0 Å². The summed E-state index contributed by atoms with van der Waals surface area (Å²) in [6.07, 6.45) is 95.5. The first-order valence-corrected chi connectivity index (χ1v) is 34.9. The first-order valence-electron chi connectivity index (χ1n) is 34.9. The fourth-order valence-corrected chi connectivity index (χ4v) is 9.83. The van der Waals surface area contributed by atoms with Gasteiger partial charge in [0.2, 0.25) is 0 Å². The molecule has 6 heteroatoms. The molecule has 0 aliphatic rings. The number of allylic oxidation sites excluding steroid dienone is 18. The summed E-state index contributed by atoms with van der Waals surface area (Å²) in [5, 5.41) is 0. The highest BCUT2D eigenvalue weighted by Crippen LogP contribution is 2.17. The van der Waals surface area contributed by atoms with Gasteiger partial charge in [0.05, 0.1) is 0 Å². The second kappa shape index (κ2) is 69.6. The van der Waals surface area contributed by atoms with Crippen molar-refractivity contribution in [2.75, 3.05) is 13.2 Å². The Kier molecular flexibility index (Phi) is 66.2. The van der Waals surface area contributed by atoms with Gasteiger partial charge < -0.3 is 14.2 Å². The topological polar surface area (TPSA) is 78.9 Å². The van der Waals surface area contributed by atoms with Crippen molar-refractivity contribution in [3.8, 4) is 0 Å². The van der Waals surface area contributed by atoms with Crippen LogP contribution in [0.1, 0.15) is 335 Å². The van der Waals surface area contributed by atoms with Crippen LogP contribution in [-0.2, 0) is 28.6 Å². The molecule has 82 heavy (non-hydrogen) atoms. The molecule has 0 aromatic heterocycles. The third-order valence-electron chi connectivity index (χ3n) is 15.0. The van der Waals surface area contributed by atoms with Crippen LogP contribution in [0.15, 0.2) is 109 Å². The van der Waals surface area contributed by atoms with Crippen molar-refractivity contribution in [3.05, 3.63) is 109 Å². The van der Waals surface area contributed by atoms with Crippen LogP contribution in [0.4, 0.5) is 0 Å². The average molecular weight is 1140 g/mol. The van der Waals surface area contributed by atoms with Crippen LogP contribution in [0.2, 0.25) is 0 Å². The van der Waals surface area contributed by atoms with E-state index in [-0.39, 0.29) is 37.5 Å². The van der Waals surface area contributed by atoms with Gasteiger partial charge in [0.15, 0.2) is 6.10 Å². The van der Waals surface area contributed by atoms with Gasteiger partial charge in [0.1, 0.15) is 13.2 Å². The highest BCUT2D eigenvalue weighted by Gasteiger charge is 2.19. The first-order chi connectivity index (χ1) is 40.5. The Bertz CT molecular complexity index is 1640.